The Balaban J connectivity index is 1.97. The zero-order valence-electron chi connectivity index (χ0n) is 22.7. The predicted octanol–water partition coefficient (Wildman–Crippen LogP) is 2.65. The summed E-state index contributed by atoms with van der Waals surface area (Å²) in [5.41, 5.74) is 3.04. The summed E-state index contributed by atoms with van der Waals surface area (Å²) in [6.45, 7) is 4.44. The molecule has 0 aromatic heterocycles. The number of ether oxygens (including phenoxy) is 5. The Morgan fingerprint density at radius 3 is 1.73 bits per heavy atom. The van der Waals surface area contributed by atoms with Gasteiger partial charge in [0.25, 0.3) is 0 Å². The highest BCUT2D eigenvalue weighted by atomic mass is 16.7. The van der Waals surface area contributed by atoms with Crippen LogP contribution >= 0.6 is 0 Å². The Morgan fingerprint density at radius 1 is 0.700 bits per heavy atom. The quantitative estimate of drug-likeness (QED) is 0.340. The minimum Gasteiger partial charge on any atom is -0.481 e. The van der Waals surface area contributed by atoms with E-state index in [9.17, 15) is 24.0 Å². The fourth-order valence-corrected chi connectivity index (χ4v) is 4.63. The van der Waals surface area contributed by atoms with E-state index in [1.54, 1.807) is 18.2 Å². The van der Waals surface area contributed by atoms with Gasteiger partial charge in [-0.05, 0) is 22.3 Å². The van der Waals surface area contributed by atoms with Gasteiger partial charge in [-0.1, -0.05) is 48.5 Å². The highest BCUT2D eigenvalue weighted by Crippen LogP contribution is 2.32. The first-order chi connectivity index (χ1) is 18.9. The van der Waals surface area contributed by atoms with Crippen molar-refractivity contribution in [2.24, 2.45) is 0 Å². The van der Waals surface area contributed by atoms with Crippen LogP contribution in [0.2, 0.25) is 0 Å². The molecule has 1 aliphatic heterocycles. The second-order valence-corrected chi connectivity index (χ2v) is 9.41. The second kappa shape index (κ2) is 13.7. The van der Waals surface area contributed by atoms with Crippen LogP contribution in [0.5, 0.6) is 0 Å². The van der Waals surface area contributed by atoms with Crippen molar-refractivity contribution < 1.29 is 52.8 Å². The second-order valence-electron chi connectivity index (χ2n) is 9.41. The molecular weight excluding hydrogens is 524 g/mol. The molecule has 0 radical (unpaired) electrons. The number of carbonyl (C=O) groups excluding carboxylic acids is 4. The summed E-state index contributed by atoms with van der Waals surface area (Å²) in [6.07, 6.45) is -5.44. The molecule has 1 fully saturated rings. The molecule has 40 heavy (non-hydrogen) atoms. The highest BCUT2D eigenvalue weighted by Gasteiger charge is 2.51. The maximum absolute atomic E-state index is 12.1. The van der Waals surface area contributed by atoms with Crippen molar-refractivity contribution >= 4 is 29.8 Å². The van der Waals surface area contributed by atoms with Gasteiger partial charge in [-0.15, -0.1) is 0 Å². The predicted molar refractivity (Wildman–Crippen MR) is 139 cm³/mol. The van der Waals surface area contributed by atoms with E-state index in [2.05, 4.69) is 0 Å². The first-order valence-electron chi connectivity index (χ1n) is 12.6. The maximum atomic E-state index is 12.1. The van der Waals surface area contributed by atoms with Crippen molar-refractivity contribution in [1.82, 2.24) is 0 Å². The number of hydrogen-bond acceptors (Lipinski definition) is 10. The standard InChI is InChI=1S/C29H32O11/c1-16(30)36-15-25-28(38-18(3)32)29(39-19(4)33)27(37-17(2)31)24(40-25)13-20-7-5-9-22(11-20)23-10-6-8-21(12-23)14-26(34)35/h5-12,24-25,27-29H,13-15H2,1-4H3,(H,34,35)/t24-,25-,27-,28-,29-/m1/s1. The van der Waals surface area contributed by atoms with Crippen LogP contribution < -0.4 is 0 Å². The largest absolute Gasteiger partial charge is 0.481 e. The van der Waals surface area contributed by atoms with Crippen LogP contribution in [0.1, 0.15) is 38.8 Å². The van der Waals surface area contributed by atoms with Crippen LogP contribution in [0.25, 0.3) is 11.1 Å². The molecule has 2 aromatic rings. The molecule has 3 rings (SSSR count). The number of esters is 4. The third-order valence-electron chi connectivity index (χ3n) is 6.07. The average Bonchev–Trinajstić information content (AvgIpc) is 2.85. The number of aliphatic carboxylic acids is 1. The molecule has 0 amide bonds. The van der Waals surface area contributed by atoms with Gasteiger partial charge in [0, 0.05) is 34.1 Å². The van der Waals surface area contributed by atoms with Crippen molar-refractivity contribution in [2.75, 3.05) is 6.61 Å². The zero-order chi connectivity index (χ0) is 29.4. The Kier molecular flexibility index (Phi) is 10.4. The van der Waals surface area contributed by atoms with Gasteiger partial charge in [-0.3, -0.25) is 24.0 Å². The van der Waals surface area contributed by atoms with E-state index >= 15 is 0 Å². The smallest absolute Gasteiger partial charge is 0.307 e. The van der Waals surface area contributed by atoms with Crippen molar-refractivity contribution in [3.63, 3.8) is 0 Å². The summed E-state index contributed by atoms with van der Waals surface area (Å²) in [7, 11) is 0. The number of hydrogen-bond donors (Lipinski definition) is 1. The number of carboxylic acid groups (broad SMARTS) is 1. The Bertz CT molecular complexity index is 1250. The first-order valence-corrected chi connectivity index (χ1v) is 12.6. The van der Waals surface area contributed by atoms with Gasteiger partial charge in [0.1, 0.15) is 18.8 Å². The summed E-state index contributed by atoms with van der Waals surface area (Å²) < 4.78 is 27.8. The average molecular weight is 557 g/mol. The molecule has 1 saturated heterocycles. The van der Waals surface area contributed by atoms with Crippen molar-refractivity contribution in [3.05, 3.63) is 59.7 Å². The molecule has 5 atom stereocenters. The Hall–Kier alpha value is -4.25. The normalized spacial score (nSPS) is 22.1. The molecule has 0 aliphatic carbocycles. The van der Waals surface area contributed by atoms with Gasteiger partial charge in [0.15, 0.2) is 18.3 Å². The zero-order valence-corrected chi connectivity index (χ0v) is 22.7. The molecule has 11 heteroatoms. The minimum atomic E-state index is -1.24. The number of benzene rings is 2. The Labute approximate surface area is 231 Å². The SMILES string of the molecule is CC(=O)OC[C@H]1O[C@H](Cc2cccc(-c3cccc(CC(=O)O)c3)c2)[C@@H](OC(C)=O)[C@@H](OC(C)=O)[C@@H]1OC(C)=O. The highest BCUT2D eigenvalue weighted by molar-refractivity contribution is 5.72. The van der Waals surface area contributed by atoms with Gasteiger partial charge < -0.3 is 28.8 Å². The number of carbonyl (C=O) groups is 5. The lowest BCUT2D eigenvalue weighted by molar-refractivity contribution is -0.252. The lowest BCUT2D eigenvalue weighted by Gasteiger charge is -2.44. The summed E-state index contributed by atoms with van der Waals surface area (Å²) in [4.78, 5) is 58.7. The summed E-state index contributed by atoms with van der Waals surface area (Å²) in [5.74, 6) is -3.59. The maximum Gasteiger partial charge on any atom is 0.307 e. The number of carboxylic acids is 1. The molecular formula is C29H32O11. The molecule has 1 N–H and O–H groups in total. The van der Waals surface area contributed by atoms with Gasteiger partial charge in [0.2, 0.25) is 0 Å². The van der Waals surface area contributed by atoms with Crippen LogP contribution in [0.15, 0.2) is 48.5 Å². The third kappa shape index (κ3) is 8.63. The minimum absolute atomic E-state index is 0.113. The molecule has 214 valence electrons. The third-order valence-corrected chi connectivity index (χ3v) is 6.07. The molecule has 11 nitrogen and oxygen atoms in total. The number of rotatable bonds is 10. The van der Waals surface area contributed by atoms with Crippen molar-refractivity contribution in [2.45, 2.75) is 71.1 Å². The lowest BCUT2D eigenvalue weighted by Crippen LogP contribution is -2.62. The fraction of sp³-hybridized carbons (Fsp3) is 0.414. The first kappa shape index (κ1) is 30.3. The van der Waals surface area contributed by atoms with Gasteiger partial charge in [0.05, 0.1) is 6.42 Å². The molecule has 0 unspecified atom stereocenters. The molecule has 2 aromatic carbocycles. The van der Waals surface area contributed by atoms with Crippen LogP contribution in [0.4, 0.5) is 0 Å². The Morgan fingerprint density at radius 2 is 1.20 bits per heavy atom. The molecule has 1 heterocycles. The molecule has 0 bridgehead atoms. The molecule has 0 saturated carbocycles. The fourth-order valence-electron chi connectivity index (χ4n) is 4.63. The molecule has 0 spiro atoms. The topological polar surface area (TPSA) is 152 Å². The van der Waals surface area contributed by atoms with Crippen LogP contribution in [-0.4, -0.2) is 72.1 Å². The summed E-state index contributed by atoms with van der Waals surface area (Å²) >= 11 is 0. The summed E-state index contributed by atoms with van der Waals surface area (Å²) in [6, 6.07) is 14.6. The van der Waals surface area contributed by atoms with E-state index in [-0.39, 0.29) is 19.4 Å². The monoisotopic (exact) mass is 556 g/mol. The van der Waals surface area contributed by atoms with Gasteiger partial charge in [-0.25, -0.2) is 0 Å². The van der Waals surface area contributed by atoms with E-state index in [1.165, 1.54) is 20.8 Å². The van der Waals surface area contributed by atoms with Crippen molar-refractivity contribution in [3.8, 4) is 11.1 Å². The molecule has 1 aliphatic rings. The van der Waals surface area contributed by atoms with Crippen LogP contribution in [0.3, 0.4) is 0 Å². The van der Waals surface area contributed by atoms with Crippen molar-refractivity contribution in [1.29, 1.82) is 0 Å². The van der Waals surface area contributed by atoms with E-state index in [0.29, 0.717) is 5.56 Å². The van der Waals surface area contributed by atoms with E-state index < -0.39 is 60.4 Å². The van der Waals surface area contributed by atoms with Gasteiger partial charge in [-0.2, -0.15) is 0 Å². The van der Waals surface area contributed by atoms with E-state index in [0.717, 1.165) is 23.6 Å². The van der Waals surface area contributed by atoms with Crippen LogP contribution in [-0.2, 0) is 60.5 Å². The summed E-state index contributed by atoms with van der Waals surface area (Å²) in [5, 5.41) is 9.14. The van der Waals surface area contributed by atoms with E-state index in [1.807, 2.05) is 30.3 Å². The van der Waals surface area contributed by atoms with E-state index in [4.69, 9.17) is 28.8 Å². The van der Waals surface area contributed by atoms with Crippen LogP contribution in [0, 0.1) is 0 Å². The van der Waals surface area contributed by atoms with Gasteiger partial charge >= 0.3 is 29.8 Å². The lowest BCUT2D eigenvalue weighted by atomic mass is 9.90.